The number of rotatable bonds is 2. The number of pyridine rings is 1. The molecule has 2 atom stereocenters. The molecule has 0 unspecified atom stereocenters. The van der Waals surface area contributed by atoms with Gasteiger partial charge in [-0.25, -0.2) is 0 Å². The van der Waals surface area contributed by atoms with Crippen LogP contribution < -0.4 is 0 Å². The number of carbonyl (C=O) groups is 2. The Balaban J connectivity index is 1.86. The average Bonchev–Trinajstić information content (AvgIpc) is 2.96. The summed E-state index contributed by atoms with van der Waals surface area (Å²) >= 11 is 0. The SMILES string of the molecule is Cc1ccncc1C(=O)N1C[C@@H]2CCC[C@@]2(C(=O)O)C1. The number of aliphatic carboxylic acids is 1. The predicted octanol–water partition coefficient (Wildman–Crippen LogP) is 1.72. The normalized spacial score (nSPS) is 28.4. The van der Waals surface area contributed by atoms with E-state index in [1.54, 1.807) is 23.4 Å². The zero-order valence-electron chi connectivity index (χ0n) is 11.5. The van der Waals surface area contributed by atoms with Crippen LogP contribution in [-0.2, 0) is 4.79 Å². The van der Waals surface area contributed by atoms with Crippen molar-refractivity contribution in [1.29, 1.82) is 0 Å². The molecule has 0 radical (unpaired) electrons. The maximum Gasteiger partial charge on any atom is 0.311 e. The van der Waals surface area contributed by atoms with Crippen molar-refractivity contribution in [2.45, 2.75) is 26.2 Å². The lowest BCUT2D eigenvalue weighted by atomic mass is 9.81. The van der Waals surface area contributed by atoms with Crippen LogP contribution in [0, 0.1) is 18.3 Å². The van der Waals surface area contributed by atoms with Crippen molar-refractivity contribution in [3.8, 4) is 0 Å². The molecule has 1 saturated heterocycles. The van der Waals surface area contributed by atoms with Gasteiger partial charge in [-0.05, 0) is 37.3 Å². The van der Waals surface area contributed by atoms with Crippen molar-refractivity contribution in [2.24, 2.45) is 11.3 Å². The highest BCUT2D eigenvalue weighted by atomic mass is 16.4. The summed E-state index contributed by atoms with van der Waals surface area (Å²) in [6, 6.07) is 1.80. The molecule has 0 bridgehead atoms. The number of carboxylic acid groups (broad SMARTS) is 1. The number of fused-ring (bicyclic) bond motifs is 1. The van der Waals surface area contributed by atoms with E-state index in [1.807, 2.05) is 6.92 Å². The van der Waals surface area contributed by atoms with Gasteiger partial charge in [-0.1, -0.05) is 6.42 Å². The Kier molecular flexibility index (Phi) is 3.00. The largest absolute Gasteiger partial charge is 0.481 e. The molecular weight excluding hydrogens is 256 g/mol. The van der Waals surface area contributed by atoms with Crippen molar-refractivity contribution in [1.82, 2.24) is 9.88 Å². The molecule has 2 aliphatic rings. The molecule has 3 rings (SSSR count). The minimum absolute atomic E-state index is 0.0920. The number of aromatic nitrogens is 1. The van der Waals surface area contributed by atoms with Gasteiger partial charge in [0.2, 0.25) is 0 Å². The summed E-state index contributed by atoms with van der Waals surface area (Å²) in [5.41, 5.74) is 0.741. The first-order chi connectivity index (χ1) is 9.54. The first kappa shape index (κ1) is 13.1. The van der Waals surface area contributed by atoms with Gasteiger partial charge in [-0.3, -0.25) is 14.6 Å². The van der Waals surface area contributed by atoms with Crippen molar-refractivity contribution in [3.05, 3.63) is 29.6 Å². The van der Waals surface area contributed by atoms with Crippen LogP contribution in [0.4, 0.5) is 0 Å². The van der Waals surface area contributed by atoms with E-state index in [1.165, 1.54) is 0 Å². The van der Waals surface area contributed by atoms with Crippen LogP contribution in [0.3, 0.4) is 0 Å². The minimum atomic E-state index is -0.752. The number of hydrogen-bond donors (Lipinski definition) is 1. The van der Waals surface area contributed by atoms with Gasteiger partial charge < -0.3 is 10.0 Å². The first-order valence-electron chi connectivity index (χ1n) is 6.98. The van der Waals surface area contributed by atoms with E-state index >= 15 is 0 Å². The summed E-state index contributed by atoms with van der Waals surface area (Å²) in [4.78, 5) is 29.9. The third-order valence-electron chi connectivity index (χ3n) is 4.85. The van der Waals surface area contributed by atoms with Crippen molar-refractivity contribution >= 4 is 11.9 Å². The summed E-state index contributed by atoms with van der Waals surface area (Å²) in [6.45, 7) is 2.76. The van der Waals surface area contributed by atoms with Gasteiger partial charge in [0.15, 0.2) is 0 Å². The Bertz CT molecular complexity index is 572. The second-order valence-corrected chi connectivity index (χ2v) is 5.93. The van der Waals surface area contributed by atoms with E-state index in [0.717, 1.165) is 18.4 Å². The van der Waals surface area contributed by atoms with E-state index in [2.05, 4.69) is 4.98 Å². The molecule has 1 aliphatic heterocycles. The second kappa shape index (κ2) is 4.58. The molecule has 1 aromatic rings. The number of carboxylic acids is 1. The number of amides is 1. The molecule has 5 nitrogen and oxygen atoms in total. The molecule has 1 N–H and O–H groups in total. The number of hydrogen-bond acceptors (Lipinski definition) is 3. The number of likely N-dealkylation sites (tertiary alicyclic amines) is 1. The van der Waals surface area contributed by atoms with Crippen LogP contribution in [0.1, 0.15) is 35.2 Å². The topological polar surface area (TPSA) is 70.5 Å². The van der Waals surface area contributed by atoms with Gasteiger partial charge in [-0.15, -0.1) is 0 Å². The van der Waals surface area contributed by atoms with Crippen LogP contribution in [0.15, 0.2) is 18.5 Å². The fraction of sp³-hybridized carbons (Fsp3) is 0.533. The molecule has 1 amide bonds. The first-order valence-corrected chi connectivity index (χ1v) is 6.98. The van der Waals surface area contributed by atoms with E-state index in [4.69, 9.17) is 0 Å². The summed E-state index contributed by atoms with van der Waals surface area (Å²) < 4.78 is 0. The van der Waals surface area contributed by atoms with Crippen LogP contribution in [0.25, 0.3) is 0 Å². The van der Waals surface area contributed by atoms with Gasteiger partial charge in [0, 0.05) is 25.5 Å². The van der Waals surface area contributed by atoms with Crippen LogP contribution >= 0.6 is 0 Å². The molecule has 0 aromatic carbocycles. The van der Waals surface area contributed by atoms with Crippen LogP contribution in [0.5, 0.6) is 0 Å². The zero-order valence-corrected chi connectivity index (χ0v) is 11.5. The summed E-state index contributed by atoms with van der Waals surface area (Å²) in [7, 11) is 0. The Morgan fingerprint density at radius 1 is 1.50 bits per heavy atom. The molecular formula is C15H18N2O3. The summed E-state index contributed by atoms with van der Waals surface area (Å²) in [6.07, 6.45) is 5.76. The quantitative estimate of drug-likeness (QED) is 0.891. The third kappa shape index (κ3) is 1.80. The van der Waals surface area contributed by atoms with E-state index < -0.39 is 11.4 Å². The highest BCUT2D eigenvalue weighted by molar-refractivity contribution is 5.96. The lowest BCUT2D eigenvalue weighted by molar-refractivity contribution is -0.149. The van der Waals surface area contributed by atoms with Gasteiger partial charge >= 0.3 is 5.97 Å². The zero-order chi connectivity index (χ0) is 14.3. The maximum atomic E-state index is 12.6. The number of nitrogens with zero attached hydrogens (tertiary/aromatic N) is 2. The monoisotopic (exact) mass is 274 g/mol. The van der Waals surface area contributed by atoms with Crippen LogP contribution in [-0.4, -0.2) is 40.0 Å². The fourth-order valence-electron chi connectivity index (χ4n) is 3.65. The smallest absolute Gasteiger partial charge is 0.311 e. The molecule has 106 valence electrons. The molecule has 1 aromatic heterocycles. The van der Waals surface area contributed by atoms with Gasteiger partial charge in [0.05, 0.1) is 11.0 Å². The third-order valence-corrected chi connectivity index (χ3v) is 4.85. The highest BCUT2D eigenvalue weighted by Crippen LogP contribution is 2.49. The van der Waals surface area contributed by atoms with Crippen molar-refractivity contribution < 1.29 is 14.7 Å². The molecule has 5 heteroatoms. The molecule has 1 saturated carbocycles. The fourth-order valence-corrected chi connectivity index (χ4v) is 3.65. The average molecular weight is 274 g/mol. The van der Waals surface area contributed by atoms with Crippen molar-refractivity contribution in [2.75, 3.05) is 13.1 Å². The Hall–Kier alpha value is -1.91. The molecule has 1 aliphatic carbocycles. The number of aryl methyl sites for hydroxylation is 1. The standard InChI is InChI=1S/C15H18N2O3/c1-10-4-6-16-7-12(10)13(18)17-8-11-3-2-5-15(11,9-17)14(19)20/h4,6-7,11H,2-3,5,8-9H2,1H3,(H,19,20)/t11-,15+/m0/s1. The Morgan fingerprint density at radius 3 is 2.95 bits per heavy atom. The van der Waals surface area contributed by atoms with Crippen molar-refractivity contribution in [3.63, 3.8) is 0 Å². The van der Waals surface area contributed by atoms with E-state index in [9.17, 15) is 14.7 Å². The molecule has 2 fully saturated rings. The maximum absolute atomic E-state index is 12.6. The lowest BCUT2D eigenvalue weighted by Crippen LogP contribution is -2.37. The van der Waals surface area contributed by atoms with Gasteiger partial charge in [0.25, 0.3) is 5.91 Å². The molecule has 20 heavy (non-hydrogen) atoms. The van der Waals surface area contributed by atoms with E-state index in [0.29, 0.717) is 25.1 Å². The Morgan fingerprint density at radius 2 is 2.30 bits per heavy atom. The minimum Gasteiger partial charge on any atom is -0.481 e. The summed E-state index contributed by atoms with van der Waals surface area (Å²) in [5.74, 6) is -0.746. The molecule has 0 spiro atoms. The van der Waals surface area contributed by atoms with E-state index in [-0.39, 0.29) is 11.8 Å². The predicted molar refractivity (Wildman–Crippen MR) is 72.3 cm³/mol. The molecule has 2 heterocycles. The van der Waals surface area contributed by atoms with Gasteiger partial charge in [-0.2, -0.15) is 0 Å². The summed E-state index contributed by atoms with van der Waals surface area (Å²) in [5, 5.41) is 9.55. The van der Waals surface area contributed by atoms with Crippen LogP contribution in [0.2, 0.25) is 0 Å². The second-order valence-electron chi connectivity index (χ2n) is 5.93. The Labute approximate surface area is 117 Å². The lowest BCUT2D eigenvalue weighted by Gasteiger charge is -2.23. The highest BCUT2D eigenvalue weighted by Gasteiger charge is 2.55. The number of carbonyl (C=O) groups excluding carboxylic acids is 1. The van der Waals surface area contributed by atoms with Gasteiger partial charge in [0.1, 0.15) is 0 Å².